The second-order valence-electron chi connectivity index (χ2n) is 3.56. The van der Waals surface area contributed by atoms with Crippen LogP contribution in [-0.4, -0.2) is 11.9 Å². The molecular weight excluding hydrogens is 318 g/mol. The van der Waals surface area contributed by atoms with Crippen molar-refractivity contribution >= 4 is 31.9 Å². The molecule has 0 aliphatic rings. The molecule has 1 aromatic carbocycles. The standard InChI is InChI=1S/C12H17Br2N/c13-7-2-1-3-8-15-10-11-5-4-6-12(14)9-11/h4-6,9,15H,1-3,7-8,10H2. The SMILES string of the molecule is BrCCCCCNCc1cccc(Br)c1. The predicted octanol–water partition coefficient (Wildman–Crippen LogP) is 4.10. The summed E-state index contributed by atoms with van der Waals surface area (Å²) in [5, 5.41) is 4.58. The Labute approximate surface area is 109 Å². The van der Waals surface area contributed by atoms with Crippen LogP contribution in [0.5, 0.6) is 0 Å². The van der Waals surface area contributed by atoms with E-state index in [9.17, 15) is 0 Å². The van der Waals surface area contributed by atoms with Gasteiger partial charge in [-0.15, -0.1) is 0 Å². The third kappa shape index (κ3) is 6.33. The first kappa shape index (κ1) is 13.2. The van der Waals surface area contributed by atoms with Crippen LogP contribution in [0.4, 0.5) is 0 Å². The molecule has 1 rings (SSSR count). The van der Waals surface area contributed by atoms with Crippen molar-refractivity contribution in [1.82, 2.24) is 5.32 Å². The lowest BCUT2D eigenvalue weighted by atomic mass is 10.2. The summed E-state index contributed by atoms with van der Waals surface area (Å²) in [6.45, 7) is 2.08. The molecule has 0 aliphatic heterocycles. The molecule has 0 atom stereocenters. The second-order valence-corrected chi connectivity index (χ2v) is 5.27. The fourth-order valence-corrected chi connectivity index (χ4v) is 2.24. The number of unbranched alkanes of at least 4 members (excludes halogenated alkanes) is 2. The van der Waals surface area contributed by atoms with Crippen LogP contribution in [0.15, 0.2) is 28.7 Å². The number of nitrogens with one attached hydrogen (secondary N) is 1. The molecule has 1 nitrogen and oxygen atoms in total. The van der Waals surface area contributed by atoms with Gasteiger partial charge in [-0.05, 0) is 37.1 Å². The van der Waals surface area contributed by atoms with E-state index in [0.717, 1.165) is 22.9 Å². The first-order chi connectivity index (χ1) is 7.33. The molecule has 0 aromatic heterocycles. The zero-order valence-electron chi connectivity index (χ0n) is 8.81. The van der Waals surface area contributed by atoms with Gasteiger partial charge >= 0.3 is 0 Å². The lowest BCUT2D eigenvalue weighted by Gasteiger charge is -2.04. The average molecular weight is 335 g/mol. The predicted molar refractivity (Wildman–Crippen MR) is 73.5 cm³/mol. The lowest BCUT2D eigenvalue weighted by Crippen LogP contribution is -2.14. The summed E-state index contributed by atoms with van der Waals surface area (Å²) in [7, 11) is 0. The van der Waals surface area contributed by atoms with E-state index in [1.165, 1.54) is 24.8 Å². The van der Waals surface area contributed by atoms with Gasteiger partial charge in [0.25, 0.3) is 0 Å². The number of hydrogen-bond donors (Lipinski definition) is 1. The Morgan fingerprint density at radius 1 is 1.13 bits per heavy atom. The van der Waals surface area contributed by atoms with Gasteiger partial charge in [0.15, 0.2) is 0 Å². The lowest BCUT2D eigenvalue weighted by molar-refractivity contribution is 0.619. The van der Waals surface area contributed by atoms with Gasteiger partial charge in [-0.25, -0.2) is 0 Å². The van der Waals surface area contributed by atoms with Crippen molar-refractivity contribution in [3.05, 3.63) is 34.3 Å². The zero-order valence-corrected chi connectivity index (χ0v) is 12.0. The summed E-state index contributed by atoms with van der Waals surface area (Å²) in [5.74, 6) is 0. The first-order valence-electron chi connectivity index (χ1n) is 5.34. The first-order valence-corrected chi connectivity index (χ1v) is 7.25. The molecule has 1 aromatic rings. The molecule has 0 fully saturated rings. The highest BCUT2D eigenvalue weighted by Crippen LogP contribution is 2.11. The van der Waals surface area contributed by atoms with Crippen LogP contribution in [0.3, 0.4) is 0 Å². The molecule has 0 saturated carbocycles. The van der Waals surface area contributed by atoms with Gasteiger partial charge in [-0.3, -0.25) is 0 Å². The second kappa shape index (κ2) is 8.31. The van der Waals surface area contributed by atoms with Crippen molar-refractivity contribution in [2.45, 2.75) is 25.8 Å². The van der Waals surface area contributed by atoms with Crippen LogP contribution in [0.1, 0.15) is 24.8 Å². The Kier molecular flexibility index (Phi) is 7.32. The van der Waals surface area contributed by atoms with Gasteiger partial charge in [-0.1, -0.05) is 50.4 Å². The van der Waals surface area contributed by atoms with Gasteiger partial charge in [0, 0.05) is 16.3 Å². The third-order valence-corrected chi connectivity index (χ3v) is 3.26. The minimum Gasteiger partial charge on any atom is -0.313 e. The van der Waals surface area contributed by atoms with Crippen LogP contribution in [0, 0.1) is 0 Å². The van der Waals surface area contributed by atoms with Crippen LogP contribution >= 0.6 is 31.9 Å². The van der Waals surface area contributed by atoms with Crippen molar-refractivity contribution in [3.63, 3.8) is 0 Å². The smallest absolute Gasteiger partial charge is 0.0205 e. The van der Waals surface area contributed by atoms with Gasteiger partial charge in [0.1, 0.15) is 0 Å². The number of halogens is 2. The van der Waals surface area contributed by atoms with Gasteiger partial charge in [0.05, 0.1) is 0 Å². The quantitative estimate of drug-likeness (QED) is 0.584. The number of benzene rings is 1. The molecule has 0 unspecified atom stereocenters. The van der Waals surface area contributed by atoms with E-state index in [1.54, 1.807) is 0 Å². The van der Waals surface area contributed by atoms with Gasteiger partial charge < -0.3 is 5.32 Å². The van der Waals surface area contributed by atoms with Crippen molar-refractivity contribution in [2.75, 3.05) is 11.9 Å². The van der Waals surface area contributed by atoms with E-state index in [1.807, 2.05) is 0 Å². The highest BCUT2D eigenvalue weighted by Gasteiger charge is 1.93. The summed E-state index contributed by atoms with van der Waals surface area (Å²) >= 11 is 6.91. The summed E-state index contributed by atoms with van der Waals surface area (Å²) in [6.07, 6.45) is 3.84. The molecule has 3 heteroatoms. The zero-order chi connectivity index (χ0) is 10.9. The van der Waals surface area contributed by atoms with Gasteiger partial charge in [-0.2, -0.15) is 0 Å². The highest BCUT2D eigenvalue weighted by molar-refractivity contribution is 9.10. The highest BCUT2D eigenvalue weighted by atomic mass is 79.9. The molecule has 1 N–H and O–H groups in total. The van der Waals surface area contributed by atoms with E-state index in [2.05, 4.69) is 61.4 Å². The van der Waals surface area contributed by atoms with Crippen molar-refractivity contribution < 1.29 is 0 Å². The molecule has 0 aliphatic carbocycles. The van der Waals surface area contributed by atoms with Crippen molar-refractivity contribution in [1.29, 1.82) is 0 Å². The van der Waals surface area contributed by atoms with Crippen LogP contribution in [-0.2, 0) is 6.54 Å². The number of alkyl halides is 1. The van der Waals surface area contributed by atoms with Crippen molar-refractivity contribution in [2.24, 2.45) is 0 Å². The fraction of sp³-hybridized carbons (Fsp3) is 0.500. The number of hydrogen-bond acceptors (Lipinski definition) is 1. The molecule has 0 heterocycles. The Bertz CT molecular complexity index is 276. The summed E-state index contributed by atoms with van der Waals surface area (Å²) < 4.78 is 1.15. The van der Waals surface area contributed by atoms with E-state index < -0.39 is 0 Å². The molecule has 15 heavy (non-hydrogen) atoms. The van der Waals surface area contributed by atoms with Gasteiger partial charge in [0.2, 0.25) is 0 Å². The Hall–Kier alpha value is 0.140. The third-order valence-electron chi connectivity index (χ3n) is 2.21. The van der Waals surface area contributed by atoms with E-state index in [4.69, 9.17) is 0 Å². The molecule has 0 spiro atoms. The fourth-order valence-electron chi connectivity index (χ4n) is 1.40. The monoisotopic (exact) mass is 333 g/mol. The molecule has 0 amide bonds. The number of rotatable bonds is 7. The van der Waals surface area contributed by atoms with E-state index in [-0.39, 0.29) is 0 Å². The van der Waals surface area contributed by atoms with E-state index >= 15 is 0 Å². The normalized spacial score (nSPS) is 10.5. The average Bonchev–Trinajstić information content (AvgIpc) is 2.23. The molecular formula is C12H17Br2N. The summed E-state index contributed by atoms with van der Waals surface area (Å²) in [5.41, 5.74) is 1.34. The molecule has 0 radical (unpaired) electrons. The van der Waals surface area contributed by atoms with E-state index in [0.29, 0.717) is 0 Å². The maximum absolute atomic E-state index is 3.47. The Morgan fingerprint density at radius 3 is 2.73 bits per heavy atom. The van der Waals surface area contributed by atoms with Crippen LogP contribution in [0.25, 0.3) is 0 Å². The molecule has 84 valence electrons. The Balaban J connectivity index is 2.10. The summed E-state index contributed by atoms with van der Waals surface area (Å²) in [6, 6.07) is 8.44. The Morgan fingerprint density at radius 2 is 2.00 bits per heavy atom. The minimum absolute atomic E-state index is 0.966. The van der Waals surface area contributed by atoms with Crippen LogP contribution < -0.4 is 5.32 Å². The molecule has 0 bridgehead atoms. The largest absolute Gasteiger partial charge is 0.313 e. The maximum Gasteiger partial charge on any atom is 0.0205 e. The van der Waals surface area contributed by atoms with Crippen molar-refractivity contribution in [3.8, 4) is 0 Å². The topological polar surface area (TPSA) is 12.0 Å². The molecule has 0 saturated heterocycles. The minimum atomic E-state index is 0.966. The maximum atomic E-state index is 3.47. The van der Waals surface area contributed by atoms with Crippen LogP contribution in [0.2, 0.25) is 0 Å². The summed E-state index contributed by atoms with van der Waals surface area (Å²) in [4.78, 5) is 0.